The highest BCUT2D eigenvalue weighted by molar-refractivity contribution is 5.91. The summed E-state index contributed by atoms with van der Waals surface area (Å²) in [4.78, 5) is 23.8. The maximum Gasteiger partial charge on any atom is 0.306 e. The fraction of sp³-hybridized carbons (Fsp3) is 0.667. The van der Waals surface area contributed by atoms with Crippen LogP contribution in [0.15, 0.2) is 0 Å². The molecule has 8 heteroatoms. The van der Waals surface area contributed by atoms with E-state index in [9.17, 15) is 9.59 Å². The molecule has 2 atom stereocenters. The predicted molar refractivity (Wildman–Crippen MR) is 55.9 cm³/mol. The van der Waals surface area contributed by atoms with Gasteiger partial charge in [0.15, 0.2) is 0 Å². The lowest BCUT2D eigenvalue weighted by Crippen LogP contribution is -2.22. The fourth-order valence-corrected chi connectivity index (χ4v) is 1.99. The van der Waals surface area contributed by atoms with Crippen LogP contribution in [0.2, 0.25) is 0 Å². The van der Waals surface area contributed by atoms with Crippen molar-refractivity contribution in [1.29, 1.82) is 0 Å². The van der Waals surface area contributed by atoms with Gasteiger partial charge in [0.25, 0.3) is 5.95 Å². The third kappa shape index (κ3) is 2.58. The van der Waals surface area contributed by atoms with E-state index in [1.807, 2.05) is 0 Å². The summed E-state index contributed by atoms with van der Waals surface area (Å²) in [6.07, 6.45) is 1.51. The van der Waals surface area contributed by atoms with E-state index in [2.05, 4.69) is 20.7 Å². The summed E-state index contributed by atoms with van der Waals surface area (Å²) in [6, 6.07) is 0. The van der Waals surface area contributed by atoms with Crippen LogP contribution in [0.1, 0.15) is 19.3 Å². The molecule has 1 saturated carbocycles. The average molecular weight is 239 g/mol. The number of tetrazole rings is 1. The highest BCUT2D eigenvalue weighted by Crippen LogP contribution is 2.31. The number of aromatic nitrogens is 4. The van der Waals surface area contributed by atoms with Crippen LogP contribution in [0.4, 0.5) is 5.95 Å². The van der Waals surface area contributed by atoms with Crippen molar-refractivity contribution in [2.75, 3.05) is 5.32 Å². The molecule has 0 unspecified atom stereocenters. The van der Waals surface area contributed by atoms with E-state index in [1.165, 1.54) is 4.80 Å². The molecule has 0 aliphatic heterocycles. The number of hydrogen-bond acceptors (Lipinski definition) is 5. The first-order valence-electron chi connectivity index (χ1n) is 5.34. The number of aryl methyl sites for hydroxylation is 1. The Labute approximate surface area is 97.0 Å². The van der Waals surface area contributed by atoms with Crippen LogP contribution in [0.3, 0.4) is 0 Å². The second kappa shape index (κ2) is 4.48. The maximum absolute atomic E-state index is 11.8. The number of hydrogen-bond donors (Lipinski definition) is 2. The highest BCUT2D eigenvalue weighted by Gasteiger charge is 2.34. The van der Waals surface area contributed by atoms with Gasteiger partial charge in [-0.3, -0.25) is 14.9 Å². The van der Waals surface area contributed by atoms with Gasteiger partial charge in [-0.15, -0.1) is 5.10 Å². The Bertz CT molecular complexity index is 444. The third-order valence-electron chi connectivity index (χ3n) is 2.90. The van der Waals surface area contributed by atoms with Crippen molar-refractivity contribution in [2.45, 2.75) is 19.3 Å². The second-order valence-electron chi connectivity index (χ2n) is 4.14. The zero-order valence-corrected chi connectivity index (χ0v) is 9.33. The monoisotopic (exact) mass is 239 g/mol. The van der Waals surface area contributed by atoms with Crippen LogP contribution in [-0.2, 0) is 16.6 Å². The van der Waals surface area contributed by atoms with Gasteiger partial charge in [-0.2, -0.15) is 4.80 Å². The molecule has 1 aliphatic rings. The topological polar surface area (TPSA) is 110 Å². The molecular weight excluding hydrogens is 226 g/mol. The molecule has 92 valence electrons. The van der Waals surface area contributed by atoms with Gasteiger partial charge in [0, 0.05) is 5.92 Å². The quantitative estimate of drug-likeness (QED) is 0.746. The molecule has 0 spiro atoms. The number of nitrogens with one attached hydrogen (secondary N) is 1. The lowest BCUT2D eigenvalue weighted by Gasteiger charge is -2.07. The van der Waals surface area contributed by atoms with Crippen LogP contribution in [-0.4, -0.2) is 37.2 Å². The molecule has 0 aromatic carbocycles. The van der Waals surface area contributed by atoms with E-state index in [0.717, 1.165) is 0 Å². The molecule has 1 amide bonds. The Balaban J connectivity index is 1.91. The van der Waals surface area contributed by atoms with Gasteiger partial charge >= 0.3 is 5.97 Å². The summed E-state index contributed by atoms with van der Waals surface area (Å²) in [7, 11) is 1.60. The highest BCUT2D eigenvalue weighted by atomic mass is 16.4. The van der Waals surface area contributed by atoms with Crippen molar-refractivity contribution >= 4 is 17.8 Å². The first kappa shape index (κ1) is 11.5. The van der Waals surface area contributed by atoms with Crippen LogP contribution in [0, 0.1) is 11.8 Å². The van der Waals surface area contributed by atoms with E-state index in [1.54, 1.807) is 7.05 Å². The number of nitrogens with zero attached hydrogens (tertiary/aromatic N) is 4. The number of amides is 1. The minimum atomic E-state index is -0.835. The van der Waals surface area contributed by atoms with Crippen molar-refractivity contribution in [1.82, 2.24) is 20.2 Å². The normalized spacial score (nSPS) is 23.6. The molecule has 8 nitrogen and oxygen atoms in total. The van der Waals surface area contributed by atoms with Gasteiger partial charge in [-0.25, -0.2) is 0 Å². The molecule has 1 aromatic heterocycles. The minimum Gasteiger partial charge on any atom is -0.481 e. The lowest BCUT2D eigenvalue weighted by molar-refractivity contribution is -0.141. The number of anilines is 1. The van der Waals surface area contributed by atoms with Crippen LogP contribution in [0.5, 0.6) is 0 Å². The number of carbonyl (C=O) groups is 2. The maximum atomic E-state index is 11.8. The Hall–Kier alpha value is -1.99. The molecule has 2 rings (SSSR count). The Morgan fingerprint density at radius 1 is 1.41 bits per heavy atom. The number of aliphatic carboxylic acids is 1. The number of rotatable bonds is 3. The first-order chi connectivity index (χ1) is 8.06. The SMILES string of the molecule is Cn1nnc(NC(=O)[C@@H]2CC[C@H](C(=O)O)C2)n1. The zero-order valence-electron chi connectivity index (χ0n) is 9.33. The first-order valence-corrected chi connectivity index (χ1v) is 5.34. The molecule has 2 N–H and O–H groups in total. The summed E-state index contributed by atoms with van der Waals surface area (Å²) in [5.41, 5.74) is 0. The van der Waals surface area contributed by atoms with Crippen molar-refractivity contribution in [3.8, 4) is 0 Å². The fourth-order valence-electron chi connectivity index (χ4n) is 1.99. The van der Waals surface area contributed by atoms with Gasteiger partial charge in [0.2, 0.25) is 5.91 Å². The number of carboxylic acids is 1. The smallest absolute Gasteiger partial charge is 0.306 e. The van der Waals surface area contributed by atoms with Crippen molar-refractivity contribution in [3.63, 3.8) is 0 Å². The zero-order chi connectivity index (χ0) is 12.4. The molecule has 1 fully saturated rings. The molecule has 17 heavy (non-hydrogen) atoms. The van der Waals surface area contributed by atoms with E-state index >= 15 is 0 Å². The number of carbonyl (C=O) groups excluding carboxylic acids is 1. The molecule has 1 heterocycles. The second-order valence-corrected chi connectivity index (χ2v) is 4.14. The number of carboxylic acid groups (broad SMARTS) is 1. The molecule has 1 aliphatic carbocycles. The minimum absolute atomic E-state index is 0.149. The summed E-state index contributed by atoms with van der Waals surface area (Å²) in [6.45, 7) is 0. The van der Waals surface area contributed by atoms with Gasteiger partial charge in [-0.1, -0.05) is 5.10 Å². The van der Waals surface area contributed by atoms with Gasteiger partial charge in [-0.05, 0) is 24.5 Å². The van der Waals surface area contributed by atoms with Crippen molar-refractivity contribution in [2.24, 2.45) is 18.9 Å². The Kier molecular flexibility index (Phi) is 3.03. The largest absolute Gasteiger partial charge is 0.481 e. The Morgan fingerprint density at radius 2 is 2.12 bits per heavy atom. The molecular formula is C9H13N5O3. The van der Waals surface area contributed by atoms with Crippen LogP contribution >= 0.6 is 0 Å². The van der Waals surface area contributed by atoms with Gasteiger partial charge in [0.05, 0.1) is 13.0 Å². The molecule has 0 bridgehead atoms. The average Bonchev–Trinajstić information content (AvgIpc) is 2.86. The van der Waals surface area contributed by atoms with Crippen molar-refractivity contribution in [3.05, 3.63) is 0 Å². The summed E-state index contributed by atoms with van der Waals surface area (Å²) in [5, 5.41) is 22.4. The molecule has 1 aromatic rings. The predicted octanol–water partition coefficient (Wildman–Crippen LogP) is -0.351. The van der Waals surface area contributed by atoms with E-state index in [-0.39, 0.29) is 17.8 Å². The lowest BCUT2D eigenvalue weighted by atomic mass is 10.0. The van der Waals surface area contributed by atoms with Crippen molar-refractivity contribution < 1.29 is 14.7 Å². The molecule has 0 saturated heterocycles. The van der Waals surface area contributed by atoms with Crippen LogP contribution < -0.4 is 5.32 Å². The van der Waals surface area contributed by atoms with E-state index in [4.69, 9.17) is 5.11 Å². The molecule has 0 radical (unpaired) electrons. The summed E-state index contributed by atoms with van der Waals surface area (Å²) in [5.74, 6) is -1.61. The standard InChI is InChI=1S/C9H13N5O3/c1-14-12-9(11-13-14)10-7(15)5-2-3-6(4-5)8(16)17/h5-6H,2-4H2,1H3,(H,16,17)(H,10,12,15)/t5-,6+/m1/s1. The Morgan fingerprint density at radius 3 is 2.65 bits per heavy atom. The van der Waals surface area contributed by atoms with Gasteiger partial charge in [0.1, 0.15) is 0 Å². The third-order valence-corrected chi connectivity index (χ3v) is 2.90. The summed E-state index contributed by atoms with van der Waals surface area (Å²) < 4.78 is 0. The summed E-state index contributed by atoms with van der Waals surface area (Å²) >= 11 is 0. The van der Waals surface area contributed by atoms with E-state index < -0.39 is 11.9 Å². The van der Waals surface area contributed by atoms with E-state index in [0.29, 0.717) is 19.3 Å². The van der Waals surface area contributed by atoms with Crippen LogP contribution in [0.25, 0.3) is 0 Å². The van der Waals surface area contributed by atoms with Gasteiger partial charge < -0.3 is 5.11 Å².